The van der Waals surface area contributed by atoms with Gasteiger partial charge in [-0.2, -0.15) is 0 Å². The van der Waals surface area contributed by atoms with Gasteiger partial charge < -0.3 is 4.90 Å². The lowest BCUT2D eigenvalue weighted by Gasteiger charge is -2.42. The van der Waals surface area contributed by atoms with Crippen LogP contribution in [0.1, 0.15) is 35.6 Å². The molecule has 2 fully saturated rings. The molecule has 0 bridgehead atoms. The van der Waals surface area contributed by atoms with Crippen LogP contribution in [0, 0.1) is 5.92 Å². The summed E-state index contributed by atoms with van der Waals surface area (Å²) in [6, 6.07) is 27.2. The molecule has 36 heavy (non-hydrogen) atoms. The summed E-state index contributed by atoms with van der Waals surface area (Å²) in [6.07, 6.45) is 1.96. The van der Waals surface area contributed by atoms with Crippen molar-refractivity contribution in [2.45, 2.75) is 25.4 Å². The fraction of sp³-hybridized carbons (Fsp3) is 0.367. The van der Waals surface area contributed by atoms with E-state index in [2.05, 4.69) is 75.4 Å². The Balaban J connectivity index is 1.22. The molecule has 0 radical (unpaired) electrons. The number of carbonyl (C=O) groups is 1. The molecule has 4 nitrogen and oxygen atoms in total. The molecule has 2 aliphatic heterocycles. The average molecular weight is 523 g/mol. The normalized spacial score (nSPS) is 19.5. The molecule has 2 heterocycles. The Kier molecular flexibility index (Phi) is 8.28. The largest absolute Gasteiger partial charge is 0.340 e. The third-order valence-electron chi connectivity index (χ3n) is 7.52. The Morgan fingerprint density at radius 2 is 1.36 bits per heavy atom. The predicted molar refractivity (Wildman–Crippen MR) is 147 cm³/mol. The second-order valence-electron chi connectivity index (χ2n) is 9.86. The second kappa shape index (κ2) is 11.8. The molecular formula is C30H33Cl2N3O. The predicted octanol–water partition coefficient (Wildman–Crippen LogP) is 6.14. The molecule has 2 saturated heterocycles. The number of benzene rings is 3. The minimum absolute atomic E-state index is 0.0330. The van der Waals surface area contributed by atoms with Gasteiger partial charge in [0.15, 0.2) is 0 Å². The van der Waals surface area contributed by atoms with Gasteiger partial charge in [0.05, 0.1) is 12.0 Å². The quantitative estimate of drug-likeness (QED) is 0.389. The minimum Gasteiger partial charge on any atom is -0.340 e. The van der Waals surface area contributed by atoms with E-state index < -0.39 is 0 Å². The molecule has 2 aliphatic rings. The van der Waals surface area contributed by atoms with Crippen LogP contribution in [0.25, 0.3) is 0 Å². The van der Waals surface area contributed by atoms with Gasteiger partial charge in [0, 0.05) is 54.9 Å². The van der Waals surface area contributed by atoms with E-state index in [1.807, 2.05) is 18.2 Å². The van der Waals surface area contributed by atoms with Gasteiger partial charge in [-0.3, -0.25) is 14.6 Å². The first-order chi connectivity index (χ1) is 17.6. The molecule has 0 N–H and O–H groups in total. The standard InChI is InChI=1S/C30H33Cl2N3O/c31-27-14-7-15-28(32)26(27)22-33-16-8-13-25(21-33)30(36)35-19-17-34(18-20-35)29(23-9-3-1-4-10-23)24-11-5-2-6-12-24/h1-7,9-12,14-15,25,29H,8,13,16-22H2. The van der Waals surface area contributed by atoms with Gasteiger partial charge in [0.1, 0.15) is 0 Å². The maximum atomic E-state index is 13.5. The summed E-state index contributed by atoms with van der Waals surface area (Å²) in [5.41, 5.74) is 3.55. The number of rotatable bonds is 6. The van der Waals surface area contributed by atoms with Crippen molar-refractivity contribution in [3.8, 4) is 0 Å². The molecule has 3 aromatic carbocycles. The Morgan fingerprint density at radius 3 is 1.94 bits per heavy atom. The van der Waals surface area contributed by atoms with E-state index in [4.69, 9.17) is 23.2 Å². The van der Waals surface area contributed by atoms with Gasteiger partial charge in [-0.15, -0.1) is 0 Å². The molecule has 0 aromatic heterocycles. The Labute approximate surface area is 224 Å². The molecule has 1 amide bonds. The van der Waals surface area contributed by atoms with Crippen LogP contribution in [-0.4, -0.2) is 59.9 Å². The zero-order chi connectivity index (χ0) is 24.9. The monoisotopic (exact) mass is 521 g/mol. The Hall–Kier alpha value is -2.37. The van der Waals surface area contributed by atoms with Crippen LogP contribution >= 0.6 is 23.2 Å². The van der Waals surface area contributed by atoms with Crippen LogP contribution in [0.4, 0.5) is 0 Å². The molecule has 1 atom stereocenters. The van der Waals surface area contributed by atoms with Crippen molar-refractivity contribution < 1.29 is 4.79 Å². The number of carbonyl (C=O) groups excluding carboxylic acids is 1. The van der Waals surface area contributed by atoms with E-state index in [9.17, 15) is 4.79 Å². The molecule has 0 spiro atoms. The number of likely N-dealkylation sites (tertiary alicyclic amines) is 1. The lowest BCUT2D eigenvalue weighted by atomic mass is 9.94. The summed E-state index contributed by atoms with van der Waals surface area (Å²) < 4.78 is 0. The summed E-state index contributed by atoms with van der Waals surface area (Å²) in [5.74, 6) is 0.325. The van der Waals surface area contributed by atoms with Crippen molar-refractivity contribution in [3.05, 3.63) is 106 Å². The van der Waals surface area contributed by atoms with Crippen LogP contribution in [-0.2, 0) is 11.3 Å². The van der Waals surface area contributed by atoms with Crippen LogP contribution in [0.2, 0.25) is 10.0 Å². The van der Waals surface area contributed by atoms with Crippen LogP contribution in [0.15, 0.2) is 78.9 Å². The number of nitrogens with zero attached hydrogens (tertiary/aromatic N) is 3. The Morgan fingerprint density at radius 1 is 0.778 bits per heavy atom. The zero-order valence-corrected chi connectivity index (χ0v) is 22.0. The van der Waals surface area contributed by atoms with Crippen molar-refractivity contribution in [1.29, 1.82) is 0 Å². The van der Waals surface area contributed by atoms with E-state index in [1.54, 1.807) is 0 Å². The molecule has 188 valence electrons. The lowest BCUT2D eigenvalue weighted by Crippen LogP contribution is -2.53. The molecule has 3 aromatic rings. The molecule has 5 rings (SSSR count). The average Bonchev–Trinajstić information content (AvgIpc) is 2.92. The molecule has 0 aliphatic carbocycles. The highest BCUT2D eigenvalue weighted by Crippen LogP contribution is 2.31. The third kappa shape index (κ3) is 5.78. The van der Waals surface area contributed by atoms with E-state index in [-0.39, 0.29) is 12.0 Å². The number of hydrogen-bond donors (Lipinski definition) is 0. The van der Waals surface area contributed by atoms with Gasteiger partial charge in [-0.05, 0) is 42.6 Å². The van der Waals surface area contributed by atoms with Crippen LogP contribution < -0.4 is 0 Å². The van der Waals surface area contributed by atoms with E-state index in [0.717, 1.165) is 57.7 Å². The number of halogens is 2. The smallest absolute Gasteiger partial charge is 0.227 e. The number of amides is 1. The first kappa shape index (κ1) is 25.3. The van der Waals surface area contributed by atoms with E-state index in [0.29, 0.717) is 22.5 Å². The molecule has 6 heteroatoms. The first-order valence-corrected chi connectivity index (χ1v) is 13.6. The van der Waals surface area contributed by atoms with Crippen molar-refractivity contribution >= 4 is 29.1 Å². The summed E-state index contributed by atoms with van der Waals surface area (Å²) in [7, 11) is 0. The van der Waals surface area contributed by atoms with Gasteiger partial charge >= 0.3 is 0 Å². The van der Waals surface area contributed by atoms with Crippen molar-refractivity contribution in [3.63, 3.8) is 0 Å². The van der Waals surface area contributed by atoms with Gasteiger partial charge in [-0.25, -0.2) is 0 Å². The fourth-order valence-electron chi connectivity index (χ4n) is 5.65. The topological polar surface area (TPSA) is 26.8 Å². The molecule has 0 saturated carbocycles. The number of piperidine rings is 1. The zero-order valence-electron chi connectivity index (χ0n) is 20.5. The van der Waals surface area contributed by atoms with Crippen molar-refractivity contribution in [2.24, 2.45) is 5.92 Å². The van der Waals surface area contributed by atoms with Crippen molar-refractivity contribution in [2.75, 3.05) is 39.3 Å². The van der Waals surface area contributed by atoms with Gasteiger partial charge in [0.2, 0.25) is 5.91 Å². The highest BCUT2D eigenvalue weighted by molar-refractivity contribution is 6.35. The summed E-state index contributed by atoms with van der Waals surface area (Å²) in [5, 5.41) is 1.39. The van der Waals surface area contributed by atoms with Gasteiger partial charge in [-0.1, -0.05) is 89.9 Å². The second-order valence-corrected chi connectivity index (χ2v) is 10.7. The molecule has 1 unspecified atom stereocenters. The summed E-state index contributed by atoms with van der Waals surface area (Å²) in [6.45, 7) is 5.68. The molecular weight excluding hydrogens is 489 g/mol. The fourth-order valence-corrected chi connectivity index (χ4v) is 6.17. The van der Waals surface area contributed by atoms with Crippen LogP contribution in [0.5, 0.6) is 0 Å². The van der Waals surface area contributed by atoms with E-state index >= 15 is 0 Å². The third-order valence-corrected chi connectivity index (χ3v) is 8.23. The number of piperazine rings is 1. The van der Waals surface area contributed by atoms with Gasteiger partial charge in [0.25, 0.3) is 0 Å². The van der Waals surface area contributed by atoms with Crippen molar-refractivity contribution in [1.82, 2.24) is 14.7 Å². The van der Waals surface area contributed by atoms with Crippen LogP contribution in [0.3, 0.4) is 0 Å². The highest BCUT2D eigenvalue weighted by Gasteiger charge is 2.33. The summed E-state index contributed by atoms with van der Waals surface area (Å²) >= 11 is 12.8. The lowest BCUT2D eigenvalue weighted by molar-refractivity contribution is -0.139. The minimum atomic E-state index is 0.0330. The SMILES string of the molecule is O=C(C1CCCN(Cc2c(Cl)cccc2Cl)C1)N1CCN(C(c2ccccc2)c2ccccc2)CC1. The Bertz CT molecular complexity index is 1090. The first-order valence-electron chi connectivity index (χ1n) is 12.9. The number of hydrogen-bond acceptors (Lipinski definition) is 3. The maximum absolute atomic E-state index is 13.5. The summed E-state index contributed by atoms with van der Waals surface area (Å²) in [4.78, 5) is 20.5. The highest BCUT2D eigenvalue weighted by atomic mass is 35.5. The van der Waals surface area contributed by atoms with E-state index in [1.165, 1.54) is 11.1 Å². The maximum Gasteiger partial charge on any atom is 0.227 e.